The van der Waals surface area contributed by atoms with E-state index in [1.807, 2.05) is 24.3 Å². The molecule has 0 amide bonds. The second kappa shape index (κ2) is 8.45. The fourth-order valence-electron chi connectivity index (χ4n) is 2.86. The molecule has 0 unspecified atom stereocenters. The highest BCUT2D eigenvalue weighted by Crippen LogP contribution is 2.20. The number of benzene rings is 2. The summed E-state index contributed by atoms with van der Waals surface area (Å²) in [7, 11) is 0. The lowest BCUT2D eigenvalue weighted by atomic mass is 10.1. The van der Waals surface area contributed by atoms with E-state index >= 15 is 0 Å². The maximum Gasteiger partial charge on any atom is 0.357 e. The minimum Gasteiger partial charge on any atom is -0.477 e. The van der Waals surface area contributed by atoms with Crippen LogP contribution in [0.5, 0.6) is 0 Å². The van der Waals surface area contributed by atoms with E-state index in [4.69, 9.17) is 4.74 Å². The van der Waals surface area contributed by atoms with Gasteiger partial charge in [0.25, 0.3) is 0 Å². The van der Waals surface area contributed by atoms with Crippen molar-refractivity contribution in [3.63, 3.8) is 0 Å². The monoisotopic (exact) mass is 363 g/mol. The maximum atomic E-state index is 12.5. The molecule has 3 rings (SSSR count). The van der Waals surface area contributed by atoms with Crippen LogP contribution in [0.4, 0.5) is 0 Å². The number of aromatic nitrogens is 1. The van der Waals surface area contributed by atoms with Crippen LogP contribution in [-0.2, 0) is 17.8 Å². The minimum absolute atomic E-state index is 0.0186. The molecule has 0 radical (unpaired) electrons. The summed E-state index contributed by atoms with van der Waals surface area (Å²) >= 11 is 0. The molecule has 5 nitrogen and oxygen atoms in total. The first-order valence-corrected chi connectivity index (χ1v) is 8.96. The first-order valence-electron chi connectivity index (χ1n) is 8.96. The van der Waals surface area contributed by atoms with Crippen LogP contribution in [0.15, 0.2) is 54.6 Å². The quantitative estimate of drug-likeness (QED) is 0.619. The minimum atomic E-state index is -1.18. The van der Waals surface area contributed by atoms with Crippen LogP contribution < -0.4 is 0 Å². The molecular formula is C22H21NO4. The number of esters is 1. The Morgan fingerprint density at radius 1 is 1.04 bits per heavy atom. The number of carbonyl (C=O) groups is 2. The van der Waals surface area contributed by atoms with Crippen LogP contribution >= 0.6 is 0 Å². The number of pyridine rings is 1. The van der Waals surface area contributed by atoms with E-state index in [0.717, 1.165) is 24.8 Å². The zero-order chi connectivity index (χ0) is 19.2. The van der Waals surface area contributed by atoms with Gasteiger partial charge in [0.15, 0.2) is 5.69 Å². The molecule has 0 aliphatic rings. The van der Waals surface area contributed by atoms with Gasteiger partial charge in [-0.15, -0.1) is 0 Å². The highest BCUT2D eigenvalue weighted by Gasteiger charge is 2.17. The molecule has 3 aromatic rings. The highest BCUT2D eigenvalue weighted by atomic mass is 16.5. The lowest BCUT2D eigenvalue weighted by Crippen LogP contribution is -2.12. The third kappa shape index (κ3) is 4.50. The highest BCUT2D eigenvalue weighted by molar-refractivity contribution is 6.04. The number of carboxylic acids is 1. The third-order valence-electron chi connectivity index (χ3n) is 4.36. The van der Waals surface area contributed by atoms with Crippen LogP contribution in [0, 0.1) is 0 Å². The zero-order valence-electron chi connectivity index (χ0n) is 15.1. The lowest BCUT2D eigenvalue weighted by molar-refractivity contribution is 0.0468. The number of nitrogens with zero attached hydrogens (tertiary/aromatic N) is 1. The first kappa shape index (κ1) is 18.6. The van der Waals surface area contributed by atoms with Gasteiger partial charge < -0.3 is 9.84 Å². The summed E-state index contributed by atoms with van der Waals surface area (Å²) < 4.78 is 5.38. The van der Waals surface area contributed by atoms with Crippen LogP contribution in [0.3, 0.4) is 0 Å². The Morgan fingerprint density at radius 2 is 1.74 bits per heavy atom. The molecule has 0 saturated heterocycles. The molecule has 1 aromatic heterocycles. The smallest absolute Gasteiger partial charge is 0.357 e. The van der Waals surface area contributed by atoms with E-state index in [1.165, 1.54) is 11.6 Å². The molecule has 2 aromatic carbocycles. The predicted molar refractivity (Wildman–Crippen MR) is 103 cm³/mol. The van der Waals surface area contributed by atoms with E-state index in [1.54, 1.807) is 24.3 Å². The molecule has 0 spiro atoms. The molecule has 5 heteroatoms. The van der Waals surface area contributed by atoms with Gasteiger partial charge in [0.1, 0.15) is 12.3 Å². The van der Waals surface area contributed by atoms with Crippen LogP contribution in [0.25, 0.3) is 10.8 Å². The summed E-state index contributed by atoms with van der Waals surface area (Å²) in [4.78, 5) is 27.8. The Kier molecular flexibility index (Phi) is 5.81. The van der Waals surface area contributed by atoms with Crippen LogP contribution in [0.1, 0.15) is 51.9 Å². The topological polar surface area (TPSA) is 76.5 Å². The predicted octanol–water partition coefficient (Wildman–Crippen LogP) is 4.63. The van der Waals surface area contributed by atoms with Gasteiger partial charge in [-0.2, -0.15) is 0 Å². The van der Waals surface area contributed by atoms with Crippen molar-refractivity contribution in [1.29, 1.82) is 0 Å². The summed E-state index contributed by atoms with van der Waals surface area (Å²) in [5, 5.41) is 10.4. The number of hydrogen-bond acceptors (Lipinski definition) is 4. The summed E-state index contributed by atoms with van der Waals surface area (Å²) in [6, 6.07) is 16.4. The number of carboxylic acid groups (broad SMARTS) is 1. The van der Waals surface area contributed by atoms with Gasteiger partial charge in [-0.1, -0.05) is 61.9 Å². The van der Waals surface area contributed by atoms with E-state index < -0.39 is 11.9 Å². The number of aromatic carboxylic acids is 1. The van der Waals surface area contributed by atoms with Gasteiger partial charge in [-0.3, -0.25) is 0 Å². The summed E-state index contributed by atoms with van der Waals surface area (Å²) in [5.41, 5.74) is 1.97. The molecule has 0 fully saturated rings. The summed E-state index contributed by atoms with van der Waals surface area (Å²) in [5.74, 6) is -1.82. The standard InChI is InChI=1S/C22H21NO4/c1-2-3-6-15-9-11-16(12-10-15)14-27-22(26)20-18-8-5-4-7-17(18)13-19(23-20)21(24)25/h4-5,7-13H,2-3,6,14H2,1H3,(H,24,25). The molecule has 0 bridgehead atoms. The van der Waals surface area contributed by atoms with Crippen molar-refractivity contribution in [2.24, 2.45) is 0 Å². The van der Waals surface area contributed by atoms with Gasteiger partial charge in [0, 0.05) is 5.39 Å². The molecule has 27 heavy (non-hydrogen) atoms. The number of fused-ring (bicyclic) bond motifs is 1. The lowest BCUT2D eigenvalue weighted by Gasteiger charge is -2.09. The maximum absolute atomic E-state index is 12.5. The van der Waals surface area contributed by atoms with E-state index in [0.29, 0.717) is 10.8 Å². The van der Waals surface area contributed by atoms with Crippen molar-refractivity contribution < 1.29 is 19.4 Å². The van der Waals surface area contributed by atoms with Crippen molar-refractivity contribution in [2.45, 2.75) is 32.8 Å². The molecule has 0 atom stereocenters. The summed E-state index contributed by atoms with van der Waals surface area (Å²) in [6.07, 6.45) is 3.33. The molecule has 138 valence electrons. The molecule has 1 N–H and O–H groups in total. The zero-order valence-corrected chi connectivity index (χ0v) is 15.1. The number of unbranched alkanes of at least 4 members (excludes halogenated alkanes) is 1. The molecule has 0 aliphatic heterocycles. The number of aryl methyl sites for hydroxylation is 1. The average Bonchev–Trinajstić information content (AvgIpc) is 2.70. The Hall–Kier alpha value is -3.21. The first-order chi connectivity index (χ1) is 13.1. The number of rotatable bonds is 7. The molecule has 0 saturated carbocycles. The third-order valence-corrected chi connectivity index (χ3v) is 4.36. The molecule has 1 heterocycles. The molecule has 0 aliphatic carbocycles. The molecular weight excluding hydrogens is 342 g/mol. The van der Waals surface area contributed by atoms with Crippen molar-refractivity contribution in [3.8, 4) is 0 Å². The van der Waals surface area contributed by atoms with Crippen LogP contribution in [0.2, 0.25) is 0 Å². The van der Waals surface area contributed by atoms with Crippen molar-refractivity contribution in [3.05, 3.63) is 77.1 Å². The fraction of sp³-hybridized carbons (Fsp3) is 0.227. The Morgan fingerprint density at radius 3 is 2.44 bits per heavy atom. The van der Waals surface area contributed by atoms with Gasteiger partial charge in [-0.25, -0.2) is 14.6 Å². The van der Waals surface area contributed by atoms with Crippen LogP contribution in [-0.4, -0.2) is 22.0 Å². The van der Waals surface area contributed by atoms with Crippen molar-refractivity contribution in [1.82, 2.24) is 4.98 Å². The van der Waals surface area contributed by atoms with Crippen molar-refractivity contribution in [2.75, 3.05) is 0 Å². The Bertz CT molecular complexity index is 964. The SMILES string of the molecule is CCCCc1ccc(COC(=O)c2nc(C(=O)O)cc3ccccc23)cc1. The summed E-state index contributed by atoms with van der Waals surface area (Å²) in [6.45, 7) is 2.27. The fourth-order valence-corrected chi connectivity index (χ4v) is 2.86. The Labute approximate surface area is 157 Å². The van der Waals surface area contributed by atoms with E-state index in [9.17, 15) is 14.7 Å². The number of carbonyl (C=O) groups excluding carboxylic acids is 1. The number of hydrogen-bond donors (Lipinski definition) is 1. The van der Waals surface area contributed by atoms with Gasteiger partial charge >= 0.3 is 11.9 Å². The second-order valence-electron chi connectivity index (χ2n) is 6.38. The van der Waals surface area contributed by atoms with Gasteiger partial charge in [-0.05, 0) is 35.4 Å². The normalized spacial score (nSPS) is 10.7. The van der Waals surface area contributed by atoms with Gasteiger partial charge in [0.05, 0.1) is 0 Å². The Balaban J connectivity index is 1.77. The second-order valence-corrected chi connectivity index (χ2v) is 6.38. The van der Waals surface area contributed by atoms with Crippen molar-refractivity contribution >= 4 is 22.7 Å². The van der Waals surface area contributed by atoms with E-state index in [-0.39, 0.29) is 18.0 Å². The van der Waals surface area contributed by atoms with Gasteiger partial charge in [0.2, 0.25) is 0 Å². The average molecular weight is 363 g/mol. The largest absolute Gasteiger partial charge is 0.477 e. The number of ether oxygens (including phenoxy) is 1. The van der Waals surface area contributed by atoms with E-state index in [2.05, 4.69) is 11.9 Å².